The van der Waals surface area contributed by atoms with Crippen molar-refractivity contribution < 1.29 is 35.9 Å². The zero-order valence-electron chi connectivity index (χ0n) is 19.2. The molecule has 1 N–H and O–H groups in total. The molecule has 188 valence electrons. The number of benzene rings is 2. The van der Waals surface area contributed by atoms with Crippen LogP contribution in [-0.4, -0.2) is 16.2 Å². The van der Waals surface area contributed by atoms with Gasteiger partial charge < -0.3 is 10.1 Å². The number of aryl methyl sites for hydroxylation is 1. The van der Waals surface area contributed by atoms with Crippen LogP contribution in [0.5, 0.6) is 0 Å². The molecule has 35 heavy (non-hydrogen) atoms. The van der Waals surface area contributed by atoms with Crippen LogP contribution in [-0.2, 0) is 23.5 Å². The molecule has 0 radical (unpaired) electrons. The first-order valence-electron chi connectivity index (χ1n) is 10.7. The van der Waals surface area contributed by atoms with E-state index in [0.717, 1.165) is 10.9 Å². The topological polar surface area (TPSA) is 43.3 Å². The second-order valence-corrected chi connectivity index (χ2v) is 8.61. The maximum absolute atomic E-state index is 13.2. The third-order valence-electron chi connectivity index (χ3n) is 5.37. The number of aromatic nitrogens is 1. The summed E-state index contributed by atoms with van der Waals surface area (Å²) in [6, 6.07) is 6.97. The Morgan fingerprint density at radius 1 is 1.00 bits per heavy atom. The zero-order chi connectivity index (χ0) is 26.0. The number of hydrogen-bond donors (Lipinski definition) is 1. The van der Waals surface area contributed by atoms with Crippen molar-refractivity contribution >= 4 is 22.6 Å². The number of carbonyl (C=O) groups excluding carboxylic acids is 1. The van der Waals surface area contributed by atoms with E-state index in [1.165, 1.54) is 10.8 Å². The smallest absolute Gasteiger partial charge is 0.416 e. The zero-order valence-corrected chi connectivity index (χ0v) is 19.2. The molecule has 0 aliphatic carbocycles. The maximum Gasteiger partial charge on any atom is 0.416 e. The molecule has 0 saturated carbocycles. The highest BCUT2D eigenvalue weighted by Crippen LogP contribution is 2.37. The van der Waals surface area contributed by atoms with Crippen LogP contribution in [0.4, 0.5) is 36.8 Å². The number of halogens is 6. The van der Waals surface area contributed by atoms with Gasteiger partial charge in [-0.3, -0.25) is 4.57 Å². The fourth-order valence-electron chi connectivity index (χ4n) is 3.58. The van der Waals surface area contributed by atoms with Crippen LogP contribution in [0, 0.1) is 0 Å². The first kappa shape index (κ1) is 26.2. The first-order valence-corrected chi connectivity index (χ1v) is 10.7. The van der Waals surface area contributed by atoms with Gasteiger partial charge in [-0.25, -0.2) is 4.79 Å². The van der Waals surface area contributed by atoms with E-state index in [1.54, 1.807) is 36.6 Å². The Balaban J connectivity index is 1.94. The predicted octanol–water partition coefficient (Wildman–Crippen LogP) is 8.02. The Bertz CT molecular complexity index is 1210. The highest BCUT2D eigenvalue weighted by Gasteiger charge is 2.37. The van der Waals surface area contributed by atoms with Crippen LogP contribution >= 0.6 is 0 Å². The lowest BCUT2D eigenvalue weighted by Gasteiger charge is -2.24. The summed E-state index contributed by atoms with van der Waals surface area (Å²) < 4.78 is 85.9. The molecular weight excluding hydrogens is 474 g/mol. The number of para-hydroxylation sites is 1. The van der Waals surface area contributed by atoms with Crippen molar-refractivity contribution in [3.8, 4) is 0 Å². The van der Waals surface area contributed by atoms with Gasteiger partial charge in [0.25, 0.3) is 0 Å². The van der Waals surface area contributed by atoms with Gasteiger partial charge in [-0.15, -0.1) is 0 Å². The quantitative estimate of drug-likeness (QED) is 0.276. The van der Waals surface area contributed by atoms with Crippen LogP contribution in [0.25, 0.3) is 10.9 Å². The largest absolute Gasteiger partial charge is 0.496 e. The molecule has 3 rings (SSSR count). The lowest BCUT2D eigenvalue weighted by molar-refractivity contribution is -0.143. The Morgan fingerprint density at radius 2 is 1.60 bits per heavy atom. The van der Waals surface area contributed by atoms with Crippen molar-refractivity contribution in [2.75, 3.05) is 5.32 Å². The molecule has 0 fully saturated rings. The van der Waals surface area contributed by atoms with E-state index < -0.39 is 40.8 Å². The number of hydrogen-bond acceptors (Lipinski definition) is 2. The summed E-state index contributed by atoms with van der Waals surface area (Å²) in [6.45, 7) is 5.64. The molecule has 1 aromatic heterocycles. The number of fused-ring (bicyclic) bond motifs is 1. The SMILES string of the molecule is CC=COC(C)(C)CCc1cn(C(=O)Nc2cc(C(F)(F)F)cc(C(F)(F)F)c2)c2ccccc12. The van der Waals surface area contributed by atoms with Gasteiger partial charge in [-0.1, -0.05) is 24.3 Å². The number of nitrogens with zero attached hydrogens (tertiary/aromatic N) is 1. The van der Waals surface area contributed by atoms with Crippen molar-refractivity contribution in [3.63, 3.8) is 0 Å². The summed E-state index contributed by atoms with van der Waals surface area (Å²) in [7, 11) is 0. The fourth-order valence-corrected chi connectivity index (χ4v) is 3.58. The lowest BCUT2D eigenvalue weighted by atomic mass is 9.98. The van der Waals surface area contributed by atoms with Crippen molar-refractivity contribution in [2.24, 2.45) is 0 Å². The molecule has 3 aromatic rings. The minimum Gasteiger partial charge on any atom is -0.496 e. The van der Waals surface area contributed by atoms with E-state index in [9.17, 15) is 31.1 Å². The number of allylic oxidation sites excluding steroid dienone is 1. The molecule has 0 bridgehead atoms. The van der Waals surface area contributed by atoms with E-state index >= 15 is 0 Å². The summed E-state index contributed by atoms with van der Waals surface area (Å²) in [5, 5.41) is 2.92. The fraction of sp³-hybridized carbons (Fsp3) is 0.320. The molecule has 0 aliphatic rings. The van der Waals surface area contributed by atoms with E-state index in [2.05, 4.69) is 5.32 Å². The summed E-state index contributed by atoms with van der Waals surface area (Å²) in [5.74, 6) is 0. The molecule has 0 atom stereocenters. The maximum atomic E-state index is 13.2. The third kappa shape index (κ3) is 6.37. The van der Waals surface area contributed by atoms with E-state index in [1.807, 2.05) is 20.8 Å². The number of anilines is 1. The highest BCUT2D eigenvalue weighted by molar-refractivity contribution is 5.99. The van der Waals surface area contributed by atoms with Crippen molar-refractivity contribution in [2.45, 2.75) is 51.6 Å². The monoisotopic (exact) mass is 498 g/mol. The molecule has 0 saturated heterocycles. The Labute approximate surface area is 198 Å². The van der Waals surface area contributed by atoms with Gasteiger partial charge in [0.05, 0.1) is 22.9 Å². The number of alkyl halides is 6. The number of nitrogens with one attached hydrogen (secondary N) is 1. The molecule has 0 unspecified atom stereocenters. The molecular formula is C25H24F6N2O2. The van der Waals surface area contributed by atoms with E-state index in [0.29, 0.717) is 30.5 Å². The molecule has 0 aliphatic heterocycles. The van der Waals surface area contributed by atoms with Crippen LogP contribution in [0.3, 0.4) is 0 Å². The second-order valence-electron chi connectivity index (χ2n) is 8.61. The minimum atomic E-state index is -5.02. The summed E-state index contributed by atoms with van der Waals surface area (Å²) in [6.07, 6.45) is -4.05. The van der Waals surface area contributed by atoms with Crippen LogP contribution in [0.1, 0.15) is 43.9 Å². The second kappa shape index (κ2) is 9.67. The standard InChI is InChI=1S/C25H24F6N2O2/c1-4-11-35-23(2,3)10-9-16-15-33(21-8-6-5-7-20(16)21)22(34)32-19-13-17(24(26,27)28)12-18(14-19)25(29,30)31/h4-8,11-15H,9-10H2,1-3H3,(H,32,34). The molecule has 0 spiro atoms. The Morgan fingerprint density at radius 3 is 2.17 bits per heavy atom. The summed E-state index contributed by atoms with van der Waals surface area (Å²) in [4.78, 5) is 13.0. The number of amides is 1. The van der Waals surface area contributed by atoms with Crippen molar-refractivity contribution in [1.29, 1.82) is 0 Å². The highest BCUT2D eigenvalue weighted by atomic mass is 19.4. The molecule has 2 aromatic carbocycles. The van der Waals surface area contributed by atoms with Crippen molar-refractivity contribution in [1.82, 2.24) is 4.57 Å². The van der Waals surface area contributed by atoms with Gasteiger partial charge in [0, 0.05) is 17.3 Å². The number of ether oxygens (including phenoxy) is 1. The van der Waals surface area contributed by atoms with Crippen LogP contribution in [0.2, 0.25) is 0 Å². The summed E-state index contributed by atoms with van der Waals surface area (Å²) >= 11 is 0. The van der Waals surface area contributed by atoms with Gasteiger partial charge in [-0.2, -0.15) is 26.3 Å². The van der Waals surface area contributed by atoms with Gasteiger partial charge in [-0.05, 0) is 63.4 Å². The Hall–Kier alpha value is -3.43. The average molecular weight is 498 g/mol. The van der Waals surface area contributed by atoms with Gasteiger partial charge in [0.2, 0.25) is 0 Å². The molecule has 1 heterocycles. The van der Waals surface area contributed by atoms with Gasteiger partial charge >= 0.3 is 18.4 Å². The average Bonchev–Trinajstić information content (AvgIpc) is 3.14. The molecule has 10 heteroatoms. The van der Waals surface area contributed by atoms with Gasteiger partial charge in [0.1, 0.15) is 5.60 Å². The van der Waals surface area contributed by atoms with Crippen molar-refractivity contribution in [3.05, 3.63) is 77.7 Å². The van der Waals surface area contributed by atoms with Gasteiger partial charge in [0.15, 0.2) is 0 Å². The Kier molecular flexibility index (Phi) is 7.23. The number of rotatable bonds is 6. The third-order valence-corrected chi connectivity index (χ3v) is 5.37. The first-order chi connectivity index (χ1) is 16.2. The number of carbonyl (C=O) groups is 1. The normalized spacial score (nSPS) is 12.9. The van der Waals surface area contributed by atoms with E-state index in [-0.39, 0.29) is 6.07 Å². The summed E-state index contributed by atoms with van der Waals surface area (Å²) in [5.41, 5.74) is -2.88. The predicted molar refractivity (Wildman–Crippen MR) is 121 cm³/mol. The van der Waals surface area contributed by atoms with E-state index in [4.69, 9.17) is 4.74 Å². The lowest BCUT2D eigenvalue weighted by Crippen LogP contribution is -2.22. The van der Waals surface area contributed by atoms with Crippen LogP contribution < -0.4 is 5.32 Å². The van der Waals surface area contributed by atoms with Crippen LogP contribution in [0.15, 0.2) is 61.0 Å². The molecule has 4 nitrogen and oxygen atoms in total. The molecule has 1 amide bonds. The minimum absolute atomic E-state index is 0.0103.